The molecule has 35 heavy (non-hydrogen) atoms. The van der Waals surface area contributed by atoms with Gasteiger partial charge in [0.2, 0.25) is 5.91 Å². The first kappa shape index (κ1) is 25.7. The van der Waals surface area contributed by atoms with E-state index in [1.807, 2.05) is 62.4 Å². The van der Waals surface area contributed by atoms with Gasteiger partial charge in [-0.1, -0.05) is 62.4 Å². The van der Waals surface area contributed by atoms with Crippen LogP contribution in [0, 0.1) is 5.92 Å². The molecular weight excluding hydrogens is 452 g/mol. The molecule has 9 nitrogen and oxygen atoms in total. The van der Waals surface area contributed by atoms with Gasteiger partial charge < -0.3 is 25.2 Å². The van der Waals surface area contributed by atoms with Gasteiger partial charge in [0.15, 0.2) is 0 Å². The Bertz CT molecular complexity index is 1050. The number of carboxylic acids is 1. The van der Waals surface area contributed by atoms with Crippen molar-refractivity contribution in [1.29, 1.82) is 0 Å². The predicted octanol–water partition coefficient (Wildman–Crippen LogP) is 3.07. The summed E-state index contributed by atoms with van der Waals surface area (Å²) >= 11 is 0. The number of aliphatic carboxylic acids is 1. The highest BCUT2D eigenvalue weighted by atomic mass is 16.5. The molecule has 9 heteroatoms. The Balaban J connectivity index is 1.66. The molecule has 2 atom stereocenters. The quantitative estimate of drug-likeness (QED) is 0.444. The van der Waals surface area contributed by atoms with E-state index in [2.05, 4.69) is 15.4 Å². The molecule has 0 radical (unpaired) electrons. The lowest BCUT2D eigenvalue weighted by Gasteiger charge is -2.23. The van der Waals surface area contributed by atoms with Crippen molar-refractivity contribution in [3.8, 4) is 11.1 Å². The van der Waals surface area contributed by atoms with E-state index in [-0.39, 0.29) is 24.9 Å². The zero-order valence-corrected chi connectivity index (χ0v) is 19.9. The van der Waals surface area contributed by atoms with Crippen LogP contribution < -0.4 is 10.6 Å². The fraction of sp³-hybridized carbons (Fsp3) is 0.385. The summed E-state index contributed by atoms with van der Waals surface area (Å²) in [6.45, 7) is 3.81. The molecule has 1 aliphatic carbocycles. The zero-order valence-electron chi connectivity index (χ0n) is 19.9. The van der Waals surface area contributed by atoms with Crippen molar-refractivity contribution < 1.29 is 33.8 Å². The van der Waals surface area contributed by atoms with Gasteiger partial charge in [-0.25, -0.2) is 9.59 Å². The molecule has 2 aromatic rings. The molecule has 0 fully saturated rings. The molecule has 3 N–H and O–H groups in total. The minimum atomic E-state index is -1.48. The first-order chi connectivity index (χ1) is 16.7. The third kappa shape index (κ3) is 6.38. The van der Waals surface area contributed by atoms with Crippen LogP contribution in [0.5, 0.6) is 0 Å². The monoisotopic (exact) mass is 482 g/mol. The number of ether oxygens (including phenoxy) is 2. The predicted molar refractivity (Wildman–Crippen MR) is 128 cm³/mol. The van der Waals surface area contributed by atoms with Crippen LogP contribution >= 0.6 is 0 Å². The fourth-order valence-corrected chi connectivity index (χ4v) is 4.21. The Morgan fingerprint density at radius 1 is 0.914 bits per heavy atom. The average molecular weight is 483 g/mol. The van der Waals surface area contributed by atoms with Crippen molar-refractivity contribution in [1.82, 2.24) is 10.6 Å². The Kier molecular flexibility index (Phi) is 8.46. The summed E-state index contributed by atoms with van der Waals surface area (Å²) in [5, 5.41) is 14.2. The number of fused-ring (bicyclic) bond motifs is 3. The van der Waals surface area contributed by atoms with E-state index >= 15 is 0 Å². The number of methoxy groups -OCH3 is 1. The molecule has 0 bridgehead atoms. The molecular formula is C26H30N2O7. The summed E-state index contributed by atoms with van der Waals surface area (Å²) in [6.07, 6.45) is -1.06. The number of nitrogens with one attached hydrogen (secondary N) is 2. The molecule has 186 valence electrons. The first-order valence-electron chi connectivity index (χ1n) is 11.4. The number of rotatable bonds is 10. The highest BCUT2D eigenvalue weighted by Crippen LogP contribution is 2.44. The Morgan fingerprint density at radius 2 is 1.49 bits per heavy atom. The number of carbonyl (C=O) groups is 4. The molecule has 3 rings (SSSR count). The molecule has 0 spiro atoms. The van der Waals surface area contributed by atoms with Crippen LogP contribution in [0.2, 0.25) is 0 Å². The Labute approximate surface area is 203 Å². The number of benzene rings is 2. The maximum atomic E-state index is 12.8. The second kappa shape index (κ2) is 11.5. The van der Waals surface area contributed by atoms with Crippen molar-refractivity contribution >= 4 is 23.9 Å². The number of hydrogen-bond acceptors (Lipinski definition) is 6. The molecule has 0 aromatic heterocycles. The Morgan fingerprint density at radius 3 is 2.00 bits per heavy atom. The summed E-state index contributed by atoms with van der Waals surface area (Å²) in [6, 6.07) is 13.4. The normalized spacial score (nSPS) is 13.8. The second-order valence-electron chi connectivity index (χ2n) is 8.83. The summed E-state index contributed by atoms with van der Waals surface area (Å²) in [5.41, 5.74) is 4.31. The highest BCUT2D eigenvalue weighted by molar-refractivity contribution is 5.91. The largest absolute Gasteiger partial charge is 0.480 e. The molecule has 0 aliphatic heterocycles. The number of alkyl carbamates (subject to hydrolysis) is 1. The third-order valence-corrected chi connectivity index (χ3v) is 5.87. The van der Waals surface area contributed by atoms with E-state index in [0.29, 0.717) is 0 Å². The SMILES string of the molecule is COC(=O)C[C@@H](NC(=O)[C@@H](CC(C)C)NC(=O)OCC1c2ccccc2-c2ccccc21)C(=O)O. The van der Waals surface area contributed by atoms with Crippen molar-refractivity contribution in [2.24, 2.45) is 5.92 Å². The van der Waals surface area contributed by atoms with E-state index in [1.54, 1.807) is 0 Å². The smallest absolute Gasteiger partial charge is 0.407 e. The molecule has 0 unspecified atom stereocenters. The second-order valence-corrected chi connectivity index (χ2v) is 8.83. The van der Waals surface area contributed by atoms with Crippen molar-refractivity contribution in [3.05, 3.63) is 59.7 Å². The lowest BCUT2D eigenvalue weighted by molar-refractivity contribution is -0.149. The number of hydrogen-bond donors (Lipinski definition) is 3. The van der Waals surface area contributed by atoms with Gasteiger partial charge in [0.25, 0.3) is 0 Å². The van der Waals surface area contributed by atoms with Crippen LogP contribution in [-0.4, -0.2) is 54.8 Å². The molecule has 0 saturated heterocycles. The van der Waals surface area contributed by atoms with E-state index < -0.39 is 42.4 Å². The van der Waals surface area contributed by atoms with E-state index in [9.17, 15) is 24.3 Å². The van der Waals surface area contributed by atoms with Gasteiger partial charge >= 0.3 is 18.0 Å². The fourth-order valence-electron chi connectivity index (χ4n) is 4.21. The van der Waals surface area contributed by atoms with Crippen molar-refractivity contribution in [2.45, 2.75) is 44.7 Å². The van der Waals surface area contributed by atoms with Gasteiger partial charge in [0.1, 0.15) is 18.7 Å². The zero-order chi connectivity index (χ0) is 25.5. The van der Waals surface area contributed by atoms with Crippen LogP contribution in [0.3, 0.4) is 0 Å². The maximum absolute atomic E-state index is 12.8. The van der Waals surface area contributed by atoms with E-state index in [4.69, 9.17) is 4.74 Å². The first-order valence-corrected chi connectivity index (χ1v) is 11.4. The van der Waals surface area contributed by atoms with E-state index in [1.165, 1.54) is 0 Å². The number of amides is 2. The van der Waals surface area contributed by atoms with Gasteiger partial charge in [-0.3, -0.25) is 9.59 Å². The van der Waals surface area contributed by atoms with Crippen LogP contribution in [0.15, 0.2) is 48.5 Å². The number of carboxylic acid groups (broad SMARTS) is 1. The van der Waals surface area contributed by atoms with Crippen molar-refractivity contribution in [3.63, 3.8) is 0 Å². The summed E-state index contributed by atoms with van der Waals surface area (Å²) in [7, 11) is 1.13. The number of esters is 1. The van der Waals surface area contributed by atoms with Gasteiger partial charge in [-0.15, -0.1) is 0 Å². The van der Waals surface area contributed by atoms with Crippen LogP contribution in [0.4, 0.5) is 4.79 Å². The van der Waals surface area contributed by atoms with Gasteiger partial charge in [-0.2, -0.15) is 0 Å². The van der Waals surface area contributed by atoms with Gasteiger partial charge in [0, 0.05) is 5.92 Å². The lowest BCUT2D eigenvalue weighted by atomic mass is 9.98. The van der Waals surface area contributed by atoms with Crippen LogP contribution in [0.25, 0.3) is 11.1 Å². The van der Waals surface area contributed by atoms with Crippen molar-refractivity contribution in [2.75, 3.05) is 13.7 Å². The molecule has 2 aromatic carbocycles. The molecule has 0 saturated carbocycles. The minimum absolute atomic E-state index is 0.0171. The number of carbonyl (C=O) groups excluding carboxylic acids is 3. The molecule has 0 heterocycles. The third-order valence-electron chi connectivity index (χ3n) is 5.87. The Hall–Kier alpha value is -3.88. The van der Waals surface area contributed by atoms with Crippen LogP contribution in [0.1, 0.15) is 43.7 Å². The minimum Gasteiger partial charge on any atom is -0.480 e. The molecule has 1 aliphatic rings. The van der Waals surface area contributed by atoms with Crippen LogP contribution in [-0.2, 0) is 23.9 Å². The standard InChI is InChI=1S/C26H30N2O7/c1-15(2)12-21(24(30)27-22(25(31)32)13-23(29)34-3)28-26(33)35-14-20-18-10-6-4-8-16(18)17-9-5-7-11-19(17)20/h4-11,15,20-22H,12-14H2,1-3H3,(H,27,30)(H,28,33)(H,31,32)/t21-,22-/m1/s1. The lowest BCUT2D eigenvalue weighted by Crippen LogP contribution is -2.52. The summed E-state index contributed by atoms with van der Waals surface area (Å²) in [5.74, 6) is -3.00. The molecule has 2 amide bonds. The summed E-state index contributed by atoms with van der Waals surface area (Å²) in [4.78, 5) is 48.4. The van der Waals surface area contributed by atoms with E-state index in [0.717, 1.165) is 29.4 Å². The summed E-state index contributed by atoms with van der Waals surface area (Å²) < 4.78 is 10.0. The van der Waals surface area contributed by atoms with Gasteiger partial charge in [0.05, 0.1) is 13.5 Å². The average Bonchev–Trinajstić information content (AvgIpc) is 3.15. The maximum Gasteiger partial charge on any atom is 0.407 e. The van der Waals surface area contributed by atoms with Gasteiger partial charge in [-0.05, 0) is 34.6 Å². The topological polar surface area (TPSA) is 131 Å². The highest BCUT2D eigenvalue weighted by Gasteiger charge is 2.31.